The van der Waals surface area contributed by atoms with Crippen LogP contribution in [0.5, 0.6) is 17.2 Å². The van der Waals surface area contributed by atoms with Crippen molar-refractivity contribution in [3.63, 3.8) is 0 Å². The van der Waals surface area contributed by atoms with Gasteiger partial charge >= 0.3 is 11.9 Å². The molecule has 0 spiro atoms. The molecule has 0 atom stereocenters. The standard InChI is InChI=1S/C31H42ClN5O8/c1-5-36(20-30(39)41-3)25-17-23(22-38)28(43-14-10-8-7-9-13-34-35-33)19-29(25)45-16-15-44-27-12-11-24(32)18-26(27)37(6-2)21-31(40)42-4/h11-12,17-19,22H,5-10,13-16,20-21H2,1-4H3. The van der Waals surface area contributed by atoms with Gasteiger partial charge in [-0.3, -0.25) is 14.4 Å². The van der Waals surface area contributed by atoms with E-state index >= 15 is 0 Å². The minimum absolute atomic E-state index is 0.0260. The highest BCUT2D eigenvalue weighted by atomic mass is 35.5. The molecular formula is C31H42ClN5O8. The molecule has 2 rings (SSSR count). The molecule has 0 amide bonds. The first-order chi connectivity index (χ1) is 21.8. The van der Waals surface area contributed by atoms with Crippen LogP contribution in [0.3, 0.4) is 0 Å². The zero-order valence-corrected chi connectivity index (χ0v) is 27.1. The van der Waals surface area contributed by atoms with E-state index in [-0.39, 0.29) is 26.3 Å². The zero-order chi connectivity index (χ0) is 33.0. The van der Waals surface area contributed by atoms with Crippen LogP contribution in [0.4, 0.5) is 11.4 Å². The van der Waals surface area contributed by atoms with Gasteiger partial charge in [0.05, 0.1) is 37.8 Å². The Hall–Kier alpha value is -4.35. The predicted octanol–water partition coefficient (Wildman–Crippen LogP) is 5.86. The molecule has 0 fully saturated rings. The normalized spacial score (nSPS) is 10.3. The maximum absolute atomic E-state index is 12.1. The van der Waals surface area contributed by atoms with Gasteiger partial charge in [0.25, 0.3) is 0 Å². The largest absolute Gasteiger partial charge is 0.493 e. The van der Waals surface area contributed by atoms with Gasteiger partial charge in [0.1, 0.15) is 43.6 Å². The van der Waals surface area contributed by atoms with Gasteiger partial charge in [0.15, 0.2) is 6.29 Å². The van der Waals surface area contributed by atoms with E-state index < -0.39 is 11.9 Å². The molecule has 0 heterocycles. The summed E-state index contributed by atoms with van der Waals surface area (Å²) in [7, 11) is 2.64. The number of carbonyl (C=O) groups excluding carboxylic acids is 3. The average Bonchev–Trinajstić information content (AvgIpc) is 3.05. The lowest BCUT2D eigenvalue weighted by Crippen LogP contribution is -2.31. The van der Waals surface area contributed by atoms with Crippen molar-refractivity contribution in [1.82, 2.24) is 0 Å². The van der Waals surface area contributed by atoms with Gasteiger partial charge in [-0.25, -0.2) is 0 Å². The van der Waals surface area contributed by atoms with Gasteiger partial charge in [-0.15, -0.1) is 0 Å². The van der Waals surface area contributed by atoms with E-state index in [0.717, 1.165) is 25.7 Å². The summed E-state index contributed by atoms with van der Waals surface area (Å²) in [6.45, 7) is 5.79. The minimum Gasteiger partial charge on any atom is -0.493 e. The van der Waals surface area contributed by atoms with Crippen LogP contribution in [-0.4, -0.2) is 85.0 Å². The van der Waals surface area contributed by atoms with Crippen LogP contribution in [0.1, 0.15) is 49.9 Å². The molecule has 0 radical (unpaired) electrons. The summed E-state index contributed by atoms with van der Waals surface area (Å²) in [5.74, 6) is 0.427. The van der Waals surface area contributed by atoms with Crippen molar-refractivity contribution in [2.75, 3.05) is 76.6 Å². The molecule has 2 aromatic carbocycles. The third kappa shape index (κ3) is 12.3. The fourth-order valence-electron chi connectivity index (χ4n) is 4.35. The van der Waals surface area contributed by atoms with Crippen molar-refractivity contribution in [3.8, 4) is 17.2 Å². The number of unbranched alkanes of at least 4 members (excludes halogenated alkanes) is 3. The predicted molar refractivity (Wildman–Crippen MR) is 172 cm³/mol. The van der Waals surface area contributed by atoms with E-state index in [1.807, 2.05) is 13.8 Å². The summed E-state index contributed by atoms with van der Waals surface area (Å²) in [5.41, 5.74) is 9.86. The molecule has 0 aliphatic rings. The van der Waals surface area contributed by atoms with E-state index in [0.29, 0.717) is 71.7 Å². The number of halogens is 1. The number of methoxy groups -OCH3 is 2. The topological polar surface area (TPSA) is 153 Å². The Morgan fingerprint density at radius 3 is 1.98 bits per heavy atom. The fraction of sp³-hybridized carbons (Fsp3) is 0.516. The number of ether oxygens (including phenoxy) is 5. The first-order valence-corrected chi connectivity index (χ1v) is 15.1. The molecule has 0 bridgehead atoms. The van der Waals surface area contributed by atoms with Crippen molar-refractivity contribution in [2.24, 2.45) is 5.11 Å². The van der Waals surface area contributed by atoms with Crippen molar-refractivity contribution >= 4 is 41.2 Å². The van der Waals surface area contributed by atoms with Crippen LogP contribution in [0.2, 0.25) is 5.02 Å². The smallest absolute Gasteiger partial charge is 0.325 e. The molecule has 246 valence electrons. The summed E-state index contributed by atoms with van der Waals surface area (Å²) in [6, 6.07) is 8.41. The lowest BCUT2D eigenvalue weighted by atomic mass is 10.1. The van der Waals surface area contributed by atoms with Crippen LogP contribution >= 0.6 is 11.6 Å². The Balaban J connectivity index is 2.22. The molecule has 0 aliphatic heterocycles. The number of azide groups is 1. The van der Waals surface area contributed by atoms with Gasteiger partial charge in [-0.05, 0) is 56.5 Å². The van der Waals surface area contributed by atoms with Crippen LogP contribution in [-0.2, 0) is 19.1 Å². The highest BCUT2D eigenvalue weighted by molar-refractivity contribution is 6.31. The Labute approximate surface area is 268 Å². The van der Waals surface area contributed by atoms with E-state index in [9.17, 15) is 14.4 Å². The minimum atomic E-state index is -0.442. The van der Waals surface area contributed by atoms with E-state index in [1.54, 1.807) is 40.1 Å². The van der Waals surface area contributed by atoms with Gasteiger partial charge in [-0.2, -0.15) is 0 Å². The van der Waals surface area contributed by atoms with E-state index in [1.165, 1.54) is 14.2 Å². The van der Waals surface area contributed by atoms with Crippen molar-refractivity contribution in [2.45, 2.75) is 39.5 Å². The van der Waals surface area contributed by atoms with Crippen LogP contribution in [0.15, 0.2) is 35.4 Å². The Kier molecular flexibility index (Phi) is 16.8. The second kappa shape index (κ2) is 20.6. The molecule has 2 aromatic rings. The number of rotatable bonds is 22. The Morgan fingerprint density at radius 1 is 0.822 bits per heavy atom. The van der Waals surface area contributed by atoms with E-state index in [4.69, 9.17) is 40.8 Å². The van der Waals surface area contributed by atoms with Crippen molar-refractivity contribution < 1.29 is 38.1 Å². The maximum atomic E-state index is 12.1. The number of carbonyl (C=O) groups is 3. The van der Waals surface area contributed by atoms with Gasteiger partial charge in [0, 0.05) is 35.6 Å². The number of nitrogens with zero attached hydrogens (tertiary/aromatic N) is 5. The lowest BCUT2D eigenvalue weighted by Gasteiger charge is -2.26. The molecule has 14 heteroatoms. The first-order valence-electron chi connectivity index (χ1n) is 14.8. The number of hydrogen-bond donors (Lipinski definition) is 0. The quantitative estimate of drug-likeness (QED) is 0.0379. The molecule has 0 aliphatic carbocycles. The second-order valence-electron chi connectivity index (χ2n) is 9.68. The number of aldehydes is 1. The van der Waals surface area contributed by atoms with Crippen LogP contribution in [0, 0.1) is 0 Å². The molecule has 45 heavy (non-hydrogen) atoms. The van der Waals surface area contributed by atoms with Crippen molar-refractivity contribution in [1.29, 1.82) is 0 Å². The second-order valence-corrected chi connectivity index (χ2v) is 10.1. The number of benzene rings is 2. The first kappa shape index (κ1) is 36.8. The van der Waals surface area contributed by atoms with Gasteiger partial charge in [-0.1, -0.05) is 29.6 Å². The Bertz CT molecular complexity index is 1300. The number of anilines is 2. The number of likely N-dealkylation sites (N-methyl/N-ethyl adjacent to an activating group) is 2. The third-order valence-corrected chi connectivity index (χ3v) is 6.99. The highest BCUT2D eigenvalue weighted by Crippen LogP contribution is 2.36. The number of esters is 2. The highest BCUT2D eigenvalue weighted by Gasteiger charge is 2.20. The van der Waals surface area contributed by atoms with Crippen LogP contribution in [0.25, 0.3) is 10.4 Å². The molecule has 0 N–H and O–H groups in total. The van der Waals surface area contributed by atoms with E-state index in [2.05, 4.69) is 10.0 Å². The average molecular weight is 648 g/mol. The molecule has 0 saturated carbocycles. The maximum Gasteiger partial charge on any atom is 0.325 e. The summed E-state index contributed by atoms with van der Waals surface area (Å²) >= 11 is 6.24. The van der Waals surface area contributed by atoms with Crippen molar-refractivity contribution in [3.05, 3.63) is 51.4 Å². The molecular weight excluding hydrogens is 606 g/mol. The third-order valence-electron chi connectivity index (χ3n) is 6.75. The fourth-order valence-corrected chi connectivity index (χ4v) is 4.52. The molecule has 13 nitrogen and oxygen atoms in total. The summed E-state index contributed by atoms with van der Waals surface area (Å²) in [4.78, 5) is 42.4. The van der Waals surface area contributed by atoms with Gasteiger partial charge < -0.3 is 33.5 Å². The van der Waals surface area contributed by atoms with Gasteiger partial charge in [0.2, 0.25) is 0 Å². The zero-order valence-electron chi connectivity index (χ0n) is 26.3. The van der Waals surface area contributed by atoms with Crippen LogP contribution < -0.4 is 24.0 Å². The lowest BCUT2D eigenvalue weighted by molar-refractivity contribution is -0.139. The molecule has 0 unspecified atom stereocenters. The summed E-state index contributed by atoms with van der Waals surface area (Å²) in [6.07, 6.45) is 4.01. The molecule has 0 aromatic heterocycles. The summed E-state index contributed by atoms with van der Waals surface area (Å²) in [5, 5.41) is 4.02. The SMILES string of the molecule is CCN(CC(=O)OC)c1cc(Cl)ccc1OCCOc1cc(OCCCCCCN=[N+]=[N-])c(C=O)cc1N(CC)CC(=O)OC. The number of hydrogen-bond acceptors (Lipinski definition) is 11. The summed E-state index contributed by atoms with van der Waals surface area (Å²) < 4.78 is 27.8. The monoisotopic (exact) mass is 647 g/mol. The Morgan fingerprint density at radius 2 is 1.40 bits per heavy atom. The molecule has 0 saturated heterocycles.